The first-order chi connectivity index (χ1) is 3.31. The summed E-state index contributed by atoms with van der Waals surface area (Å²) in [5.74, 6) is -0.477. The molecular weight excluding hydrogens is 123 g/mol. The van der Waals surface area contributed by atoms with Gasteiger partial charge in [-0.25, -0.2) is 4.79 Å². The molecule has 0 spiro atoms. The van der Waals surface area contributed by atoms with Crippen LogP contribution in [0, 0.1) is 0 Å². The second kappa shape index (κ2) is 6.38. The summed E-state index contributed by atoms with van der Waals surface area (Å²) in [6.45, 7) is 6.31. The van der Waals surface area contributed by atoms with Crippen LogP contribution in [-0.4, -0.2) is 5.97 Å². The number of carbonyl (C=O) groups is 1. The molecule has 8 heavy (non-hydrogen) atoms. The summed E-state index contributed by atoms with van der Waals surface area (Å²) in [5.41, 5.74) is 0. The molecule has 0 aromatic rings. The van der Waals surface area contributed by atoms with Crippen molar-refractivity contribution in [2.75, 3.05) is 0 Å². The second-order valence-electron chi connectivity index (χ2n) is 0.808. The van der Waals surface area contributed by atoms with Crippen molar-refractivity contribution in [1.82, 2.24) is 0 Å². The van der Waals surface area contributed by atoms with Crippen LogP contribution < -0.4 is 0 Å². The van der Waals surface area contributed by atoms with E-state index < -0.39 is 5.97 Å². The highest BCUT2D eigenvalue weighted by Gasteiger charge is 1.84. The fraction of sp³-hybridized carbons (Fsp3) is 0. The van der Waals surface area contributed by atoms with Crippen molar-refractivity contribution in [2.24, 2.45) is 0 Å². The molecule has 0 aromatic carbocycles. The molecule has 0 aliphatic rings. The topological polar surface area (TPSA) is 26.3 Å². The molecular formula is C5H9O2P. The van der Waals surface area contributed by atoms with Crippen LogP contribution >= 0.6 is 9.90 Å². The van der Waals surface area contributed by atoms with Crippen LogP contribution in [-0.2, 0) is 9.53 Å². The maximum atomic E-state index is 10.0. The van der Waals surface area contributed by atoms with Crippen molar-refractivity contribution >= 4 is 15.9 Å². The minimum absolute atomic E-state index is 0. The van der Waals surface area contributed by atoms with Gasteiger partial charge in [0.15, 0.2) is 0 Å². The van der Waals surface area contributed by atoms with Crippen molar-refractivity contribution in [3.8, 4) is 0 Å². The molecule has 0 radical (unpaired) electrons. The smallest absolute Gasteiger partial charge is 0.334 e. The van der Waals surface area contributed by atoms with E-state index in [1.807, 2.05) is 0 Å². The zero-order valence-electron chi connectivity index (χ0n) is 4.59. The lowest BCUT2D eigenvalue weighted by atomic mass is 10.7. The van der Waals surface area contributed by atoms with Gasteiger partial charge >= 0.3 is 5.97 Å². The Morgan fingerprint density at radius 3 is 2.12 bits per heavy atom. The van der Waals surface area contributed by atoms with Gasteiger partial charge in [0.05, 0.1) is 6.26 Å². The fourth-order valence-corrected chi connectivity index (χ4v) is 0.130. The van der Waals surface area contributed by atoms with Crippen LogP contribution in [0.4, 0.5) is 0 Å². The SMILES string of the molecule is C=COC(=O)C=C.P. The largest absolute Gasteiger partial charge is 0.432 e. The third kappa shape index (κ3) is 5.38. The highest BCUT2D eigenvalue weighted by Crippen LogP contribution is 1.75. The van der Waals surface area contributed by atoms with Gasteiger partial charge in [0.25, 0.3) is 0 Å². The number of rotatable bonds is 2. The molecule has 0 N–H and O–H groups in total. The molecule has 46 valence electrons. The van der Waals surface area contributed by atoms with Gasteiger partial charge in [-0.3, -0.25) is 0 Å². The predicted octanol–water partition coefficient (Wildman–Crippen LogP) is 0.917. The molecule has 2 nitrogen and oxygen atoms in total. The van der Waals surface area contributed by atoms with Crippen LogP contribution in [0.15, 0.2) is 25.5 Å². The lowest BCUT2D eigenvalue weighted by Crippen LogP contribution is -1.90. The Morgan fingerprint density at radius 1 is 1.50 bits per heavy atom. The summed E-state index contributed by atoms with van der Waals surface area (Å²) in [6, 6.07) is 0. The summed E-state index contributed by atoms with van der Waals surface area (Å²) in [7, 11) is 0. The Kier molecular flexibility index (Phi) is 8.28. The van der Waals surface area contributed by atoms with E-state index in [9.17, 15) is 4.79 Å². The van der Waals surface area contributed by atoms with Gasteiger partial charge in [0.2, 0.25) is 0 Å². The molecule has 1 unspecified atom stereocenters. The number of ether oxygens (including phenoxy) is 1. The lowest BCUT2D eigenvalue weighted by molar-refractivity contribution is -0.132. The van der Waals surface area contributed by atoms with Crippen LogP contribution in [0.5, 0.6) is 0 Å². The molecule has 3 heteroatoms. The maximum absolute atomic E-state index is 10.0. The van der Waals surface area contributed by atoms with Gasteiger partial charge < -0.3 is 4.74 Å². The minimum atomic E-state index is -0.477. The van der Waals surface area contributed by atoms with E-state index in [0.717, 1.165) is 12.3 Å². The normalized spacial score (nSPS) is 6.00. The average molecular weight is 132 g/mol. The van der Waals surface area contributed by atoms with Crippen molar-refractivity contribution in [3.63, 3.8) is 0 Å². The van der Waals surface area contributed by atoms with E-state index in [0.29, 0.717) is 0 Å². The zero-order chi connectivity index (χ0) is 5.70. The zero-order valence-corrected chi connectivity index (χ0v) is 6.01. The molecule has 0 amide bonds. The van der Waals surface area contributed by atoms with E-state index in [2.05, 4.69) is 17.9 Å². The van der Waals surface area contributed by atoms with E-state index in [4.69, 9.17) is 0 Å². The number of esters is 1. The van der Waals surface area contributed by atoms with Crippen molar-refractivity contribution in [1.29, 1.82) is 0 Å². The van der Waals surface area contributed by atoms with E-state index in [-0.39, 0.29) is 9.90 Å². The van der Waals surface area contributed by atoms with Gasteiger partial charge in [0, 0.05) is 6.08 Å². The van der Waals surface area contributed by atoms with Crippen LogP contribution in [0.2, 0.25) is 0 Å². The summed E-state index contributed by atoms with van der Waals surface area (Å²) < 4.78 is 4.20. The van der Waals surface area contributed by atoms with E-state index in [1.54, 1.807) is 0 Å². The van der Waals surface area contributed by atoms with Crippen molar-refractivity contribution in [2.45, 2.75) is 0 Å². The summed E-state index contributed by atoms with van der Waals surface area (Å²) in [6.07, 6.45) is 2.13. The molecule has 0 rings (SSSR count). The van der Waals surface area contributed by atoms with Crippen LogP contribution in [0.3, 0.4) is 0 Å². The van der Waals surface area contributed by atoms with Gasteiger partial charge in [-0.1, -0.05) is 13.2 Å². The number of carbonyl (C=O) groups excluding carboxylic acids is 1. The molecule has 0 aliphatic carbocycles. The maximum Gasteiger partial charge on any atom is 0.334 e. The number of hydrogen-bond donors (Lipinski definition) is 0. The van der Waals surface area contributed by atoms with E-state index in [1.165, 1.54) is 0 Å². The van der Waals surface area contributed by atoms with E-state index >= 15 is 0 Å². The standard InChI is InChI=1S/C5H6O2.H3P/c1-3-5(6)7-4-2;/h3-4H,1-2H2;1H3. The second-order valence-corrected chi connectivity index (χ2v) is 0.808. The Balaban J connectivity index is 0. The first-order valence-corrected chi connectivity index (χ1v) is 1.75. The van der Waals surface area contributed by atoms with Gasteiger partial charge in [-0.15, -0.1) is 0 Å². The molecule has 0 heterocycles. The van der Waals surface area contributed by atoms with Crippen molar-refractivity contribution in [3.05, 3.63) is 25.5 Å². The Bertz CT molecular complexity index is 98.6. The Morgan fingerprint density at radius 2 is 2.00 bits per heavy atom. The third-order valence-corrected chi connectivity index (χ3v) is 0.366. The number of hydrogen-bond acceptors (Lipinski definition) is 2. The van der Waals surface area contributed by atoms with Gasteiger partial charge in [-0.2, -0.15) is 9.90 Å². The monoisotopic (exact) mass is 132 g/mol. The third-order valence-electron chi connectivity index (χ3n) is 0.366. The van der Waals surface area contributed by atoms with Gasteiger partial charge in [-0.05, 0) is 0 Å². The Labute approximate surface area is 51.8 Å². The molecule has 0 bridgehead atoms. The first-order valence-electron chi connectivity index (χ1n) is 1.75. The predicted molar refractivity (Wildman–Crippen MR) is 37.6 cm³/mol. The minimum Gasteiger partial charge on any atom is -0.432 e. The fourth-order valence-electron chi connectivity index (χ4n) is 0.130. The Hall–Kier alpha value is -0.620. The summed E-state index contributed by atoms with van der Waals surface area (Å²) >= 11 is 0. The molecule has 1 atom stereocenters. The highest BCUT2D eigenvalue weighted by molar-refractivity contribution is 6.92. The molecule has 0 aliphatic heterocycles. The van der Waals surface area contributed by atoms with Crippen LogP contribution in [0.1, 0.15) is 0 Å². The summed E-state index contributed by atoms with van der Waals surface area (Å²) in [4.78, 5) is 10.0. The molecule has 0 saturated heterocycles. The van der Waals surface area contributed by atoms with Crippen LogP contribution in [0.25, 0.3) is 0 Å². The van der Waals surface area contributed by atoms with Crippen molar-refractivity contribution < 1.29 is 9.53 Å². The average Bonchev–Trinajstić information content (AvgIpc) is 1.68. The van der Waals surface area contributed by atoms with Gasteiger partial charge in [0.1, 0.15) is 0 Å². The molecule has 0 saturated carbocycles. The summed E-state index contributed by atoms with van der Waals surface area (Å²) in [5, 5.41) is 0. The first kappa shape index (κ1) is 10.4. The lowest BCUT2D eigenvalue weighted by Gasteiger charge is -1.85. The quantitative estimate of drug-likeness (QED) is 0.241. The molecule has 0 fully saturated rings. The molecule has 0 aromatic heterocycles. The highest BCUT2D eigenvalue weighted by atomic mass is 31.0.